The Hall–Kier alpha value is -1.59. The highest BCUT2D eigenvalue weighted by Gasteiger charge is 2.25. The Labute approximate surface area is 125 Å². The number of benzene rings is 1. The van der Waals surface area contributed by atoms with E-state index in [1.807, 2.05) is 24.3 Å². The van der Waals surface area contributed by atoms with Crippen LogP contribution in [0.4, 0.5) is 0 Å². The zero-order chi connectivity index (χ0) is 15.1. The number of ether oxygens (including phenoxy) is 1. The van der Waals surface area contributed by atoms with Crippen molar-refractivity contribution in [3.63, 3.8) is 0 Å². The van der Waals surface area contributed by atoms with Crippen LogP contribution in [0.3, 0.4) is 0 Å². The zero-order valence-corrected chi connectivity index (χ0v) is 12.5. The molecule has 0 unspecified atom stereocenters. The summed E-state index contributed by atoms with van der Waals surface area (Å²) in [5.74, 6) is 0.833. The van der Waals surface area contributed by atoms with Crippen LogP contribution in [0.5, 0.6) is 5.75 Å². The van der Waals surface area contributed by atoms with Gasteiger partial charge in [0.05, 0.1) is 19.8 Å². The van der Waals surface area contributed by atoms with E-state index in [0.717, 1.165) is 37.1 Å². The van der Waals surface area contributed by atoms with Gasteiger partial charge in [0.25, 0.3) is 0 Å². The van der Waals surface area contributed by atoms with Gasteiger partial charge in [-0.05, 0) is 25.5 Å². The number of nitrogens with zero attached hydrogens (tertiary/aromatic N) is 1. The molecular formula is C16H24N2O3. The van der Waals surface area contributed by atoms with E-state index in [1.165, 1.54) is 0 Å². The number of methoxy groups -OCH3 is 1. The van der Waals surface area contributed by atoms with Crippen molar-refractivity contribution in [2.24, 2.45) is 0 Å². The predicted octanol–water partition coefficient (Wildman–Crippen LogP) is 1.16. The fourth-order valence-corrected chi connectivity index (χ4v) is 2.71. The Kier molecular flexibility index (Phi) is 6.02. The largest absolute Gasteiger partial charge is 0.496 e. The first-order chi connectivity index (χ1) is 10.3. The van der Waals surface area contributed by atoms with Gasteiger partial charge in [-0.2, -0.15) is 0 Å². The third kappa shape index (κ3) is 4.19. The number of aliphatic hydroxyl groups excluding tert-OH is 1. The first-order valence-electron chi connectivity index (χ1n) is 7.51. The molecule has 0 aromatic heterocycles. The Bertz CT molecular complexity index is 459. The van der Waals surface area contributed by atoms with E-state index in [-0.39, 0.29) is 18.6 Å². The molecule has 0 spiro atoms. The van der Waals surface area contributed by atoms with Crippen LogP contribution in [0.2, 0.25) is 0 Å². The van der Waals surface area contributed by atoms with Gasteiger partial charge in [0, 0.05) is 18.7 Å². The fourth-order valence-electron chi connectivity index (χ4n) is 2.71. The van der Waals surface area contributed by atoms with Crippen LogP contribution in [0.1, 0.15) is 24.8 Å². The number of amides is 1. The summed E-state index contributed by atoms with van der Waals surface area (Å²) in [6, 6.07) is 7.54. The van der Waals surface area contributed by atoms with Crippen molar-refractivity contribution in [3.05, 3.63) is 29.8 Å². The normalized spacial score (nSPS) is 18.3. The smallest absolute Gasteiger partial charge is 0.240 e. The van der Waals surface area contributed by atoms with Crippen LogP contribution in [0.15, 0.2) is 24.3 Å². The molecule has 2 N–H and O–H groups in total. The number of carbonyl (C=O) groups is 1. The van der Waals surface area contributed by atoms with E-state index in [0.29, 0.717) is 13.1 Å². The minimum atomic E-state index is -0.125. The van der Waals surface area contributed by atoms with E-state index in [2.05, 4.69) is 5.32 Å². The number of rotatable bonds is 6. The number of carbonyl (C=O) groups excluding carboxylic acids is 1. The summed E-state index contributed by atoms with van der Waals surface area (Å²) in [6.45, 7) is 1.66. The number of aliphatic hydroxyl groups is 1. The van der Waals surface area contributed by atoms with Crippen LogP contribution < -0.4 is 10.1 Å². The predicted molar refractivity (Wildman–Crippen MR) is 81.1 cm³/mol. The van der Waals surface area contributed by atoms with E-state index in [1.54, 1.807) is 12.0 Å². The molecule has 1 aromatic carbocycles. The Balaban J connectivity index is 2.08. The summed E-state index contributed by atoms with van der Waals surface area (Å²) in [5, 5.41) is 12.5. The van der Waals surface area contributed by atoms with Crippen LogP contribution in [0.25, 0.3) is 0 Å². The molecular weight excluding hydrogens is 268 g/mol. The first-order valence-corrected chi connectivity index (χ1v) is 7.51. The van der Waals surface area contributed by atoms with Gasteiger partial charge in [-0.15, -0.1) is 0 Å². The summed E-state index contributed by atoms with van der Waals surface area (Å²) in [4.78, 5) is 14.3. The molecule has 1 fully saturated rings. The molecule has 0 radical (unpaired) electrons. The third-order valence-corrected chi connectivity index (χ3v) is 3.84. The van der Waals surface area contributed by atoms with Gasteiger partial charge in [-0.3, -0.25) is 4.79 Å². The molecule has 1 aliphatic rings. The van der Waals surface area contributed by atoms with Gasteiger partial charge < -0.3 is 20.1 Å². The van der Waals surface area contributed by atoms with Gasteiger partial charge in [0.2, 0.25) is 5.91 Å². The molecule has 0 bridgehead atoms. The molecule has 0 saturated carbocycles. The maximum Gasteiger partial charge on any atom is 0.240 e. The van der Waals surface area contributed by atoms with Crippen LogP contribution in [-0.4, -0.2) is 48.8 Å². The number of nitrogens with one attached hydrogen (secondary N) is 1. The highest BCUT2D eigenvalue weighted by atomic mass is 16.5. The van der Waals surface area contributed by atoms with E-state index in [4.69, 9.17) is 4.74 Å². The molecule has 116 valence electrons. The molecule has 5 nitrogen and oxygen atoms in total. The highest BCUT2D eigenvalue weighted by molar-refractivity contribution is 5.82. The van der Waals surface area contributed by atoms with Gasteiger partial charge in [0.1, 0.15) is 5.75 Å². The quantitative estimate of drug-likeness (QED) is 0.826. The van der Waals surface area contributed by atoms with Crippen molar-refractivity contribution < 1.29 is 14.6 Å². The van der Waals surface area contributed by atoms with E-state index < -0.39 is 0 Å². The van der Waals surface area contributed by atoms with Crippen molar-refractivity contribution in [2.75, 3.05) is 26.8 Å². The van der Waals surface area contributed by atoms with Crippen molar-refractivity contribution in [1.82, 2.24) is 10.2 Å². The summed E-state index contributed by atoms with van der Waals surface area (Å²) in [5.41, 5.74) is 0.956. The molecule has 1 aromatic rings. The summed E-state index contributed by atoms with van der Waals surface area (Å²) >= 11 is 0. The monoisotopic (exact) mass is 292 g/mol. The molecule has 1 saturated heterocycles. The van der Waals surface area contributed by atoms with Crippen molar-refractivity contribution in [1.29, 1.82) is 0 Å². The Morgan fingerprint density at radius 3 is 2.90 bits per heavy atom. The second-order valence-corrected chi connectivity index (χ2v) is 5.30. The number of hydrogen-bond donors (Lipinski definition) is 2. The minimum absolute atomic E-state index is 0.0341. The molecule has 1 heterocycles. The average Bonchev–Trinajstić information content (AvgIpc) is 2.55. The summed E-state index contributed by atoms with van der Waals surface area (Å²) in [7, 11) is 1.62. The molecule has 5 heteroatoms. The summed E-state index contributed by atoms with van der Waals surface area (Å²) in [6.07, 6.45) is 3.06. The second-order valence-electron chi connectivity index (χ2n) is 5.30. The van der Waals surface area contributed by atoms with Crippen LogP contribution in [0, 0.1) is 0 Å². The molecule has 1 atom stereocenters. The number of para-hydroxylation sites is 1. The Morgan fingerprint density at radius 2 is 2.24 bits per heavy atom. The molecule has 2 rings (SSSR count). The lowest BCUT2D eigenvalue weighted by Crippen LogP contribution is -2.49. The van der Waals surface area contributed by atoms with Crippen molar-refractivity contribution >= 4 is 5.91 Å². The van der Waals surface area contributed by atoms with Crippen molar-refractivity contribution in [2.45, 2.75) is 31.8 Å². The number of piperidine rings is 1. The molecule has 1 amide bonds. The lowest BCUT2D eigenvalue weighted by molar-refractivity contribution is -0.135. The minimum Gasteiger partial charge on any atom is -0.496 e. The van der Waals surface area contributed by atoms with Gasteiger partial charge in [-0.1, -0.05) is 24.6 Å². The lowest BCUT2D eigenvalue weighted by atomic mass is 10.0. The standard InChI is InChI=1S/C16H24N2O3/c1-21-15-8-3-2-6-13(15)12-18(10-11-19)16(20)14-7-4-5-9-17-14/h2-3,6,8,14,17,19H,4-5,7,9-12H2,1H3/t14-/m0/s1. The van der Waals surface area contributed by atoms with Gasteiger partial charge in [0.15, 0.2) is 0 Å². The van der Waals surface area contributed by atoms with Crippen molar-refractivity contribution in [3.8, 4) is 5.75 Å². The van der Waals surface area contributed by atoms with Gasteiger partial charge in [-0.25, -0.2) is 0 Å². The van der Waals surface area contributed by atoms with Crippen LogP contribution in [-0.2, 0) is 11.3 Å². The van der Waals surface area contributed by atoms with Gasteiger partial charge >= 0.3 is 0 Å². The lowest BCUT2D eigenvalue weighted by Gasteiger charge is -2.30. The molecule has 0 aliphatic carbocycles. The fraction of sp³-hybridized carbons (Fsp3) is 0.562. The van der Waals surface area contributed by atoms with E-state index in [9.17, 15) is 9.90 Å². The number of hydrogen-bond acceptors (Lipinski definition) is 4. The summed E-state index contributed by atoms with van der Waals surface area (Å²) < 4.78 is 5.33. The maximum atomic E-state index is 12.6. The maximum absolute atomic E-state index is 12.6. The SMILES string of the molecule is COc1ccccc1CN(CCO)C(=O)[C@@H]1CCCCN1. The highest BCUT2D eigenvalue weighted by Crippen LogP contribution is 2.20. The first kappa shape index (κ1) is 15.8. The third-order valence-electron chi connectivity index (χ3n) is 3.84. The topological polar surface area (TPSA) is 61.8 Å². The molecule has 1 aliphatic heterocycles. The Morgan fingerprint density at radius 1 is 1.43 bits per heavy atom. The van der Waals surface area contributed by atoms with Crippen LogP contribution >= 0.6 is 0 Å². The second kappa shape index (κ2) is 8.00. The zero-order valence-electron chi connectivity index (χ0n) is 12.5. The molecule has 21 heavy (non-hydrogen) atoms. The average molecular weight is 292 g/mol. The van der Waals surface area contributed by atoms with E-state index >= 15 is 0 Å².